The fourth-order valence-corrected chi connectivity index (χ4v) is 2.95. The van der Waals surface area contributed by atoms with E-state index in [4.69, 9.17) is 4.74 Å². The Bertz CT molecular complexity index is 621. The van der Waals surface area contributed by atoms with Crippen LogP contribution >= 0.6 is 15.9 Å². The predicted octanol–water partition coefficient (Wildman–Crippen LogP) is 3.61. The van der Waals surface area contributed by atoms with E-state index in [0.29, 0.717) is 18.9 Å². The van der Waals surface area contributed by atoms with Crippen molar-refractivity contribution in [2.75, 3.05) is 13.2 Å². The minimum Gasteiger partial charge on any atom is -0.381 e. The SMILES string of the molecule is O=C(c1nc2ccccc2cc1Br)C1CCOCC1. The van der Waals surface area contributed by atoms with E-state index in [1.54, 1.807) is 0 Å². The van der Waals surface area contributed by atoms with Crippen LogP contribution < -0.4 is 0 Å². The highest BCUT2D eigenvalue weighted by atomic mass is 79.9. The number of benzene rings is 1. The van der Waals surface area contributed by atoms with E-state index in [1.807, 2.05) is 30.3 Å². The van der Waals surface area contributed by atoms with E-state index in [2.05, 4.69) is 20.9 Å². The third-order valence-electron chi connectivity index (χ3n) is 3.50. The fraction of sp³-hybridized carbons (Fsp3) is 0.333. The van der Waals surface area contributed by atoms with Gasteiger partial charge in [0, 0.05) is 29.0 Å². The summed E-state index contributed by atoms with van der Waals surface area (Å²) in [6.45, 7) is 1.34. The molecule has 2 aromatic rings. The Morgan fingerprint density at radius 1 is 1.26 bits per heavy atom. The zero-order chi connectivity index (χ0) is 13.2. The molecular formula is C15H14BrNO2. The van der Waals surface area contributed by atoms with Crippen LogP contribution in [0.3, 0.4) is 0 Å². The summed E-state index contributed by atoms with van der Waals surface area (Å²) >= 11 is 3.47. The lowest BCUT2D eigenvalue weighted by Crippen LogP contribution is -2.24. The van der Waals surface area contributed by atoms with Crippen molar-refractivity contribution in [2.24, 2.45) is 5.92 Å². The van der Waals surface area contributed by atoms with E-state index < -0.39 is 0 Å². The van der Waals surface area contributed by atoms with Gasteiger partial charge in [-0.3, -0.25) is 4.79 Å². The fourth-order valence-electron chi connectivity index (χ4n) is 2.42. The van der Waals surface area contributed by atoms with Crippen LogP contribution in [-0.4, -0.2) is 24.0 Å². The van der Waals surface area contributed by atoms with Crippen molar-refractivity contribution in [1.29, 1.82) is 0 Å². The molecule has 1 saturated heterocycles. The van der Waals surface area contributed by atoms with Crippen molar-refractivity contribution in [3.8, 4) is 0 Å². The Morgan fingerprint density at radius 3 is 2.79 bits per heavy atom. The molecule has 0 aliphatic carbocycles. The van der Waals surface area contributed by atoms with Crippen molar-refractivity contribution < 1.29 is 9.53 Å². The number of halogens is 1. The standard InChI is InChI=1S/C15H14BrNO2/c16-12-9-11-3-1-2-4-13(11)17-14(12)15(18)10-5-7-19-8-6-10/h1-4,9-10H,5-8H2. The second-order valence-corrected chi connectivity index (χ2v) is 5.62. The number of para-hydroxylation sites is 1. The molecule has 0 N–H and O–H groups in total. The maximum Gasteiger partial charge on any atom is 0.185 e. The third-order valence-corrected chi connectivity index (χ3v) is 4.11. The summed E-state index contributed by atoms with van der Waals surface area (Å²) in [5.74, 6) is 0.166. The molecule has 4 heteroatoms. The molecule has 3 nitrogen and oxygen atoms in total. The van der Waals surface area contributed by atoms with Gasteiger partial charge in [0.1, 0.15) is 5.69 Å². The number of Topliss-reactive ketones (excluding diaryl/α,β-unsaturated/α-hetero) is 1. The Kier molecular flexibility index (Phi) is 3.62. The molecule has 1 aromatic heterocycles. The lowest BCUT2D eigenvalue weighted by Gasteiger charge is -2.20. The van der Waals surface area contributed by atoms with E-state index >= 15 is 0 Å². The number of fused-ring (bicyclic) bond motifs is 1. The van der Waals surface area contributed by atoms with Crippen molar-refractivity contribution in [3.63, 3.8) is 0 Å². The third kappa shape index (κ3) is 2.55. The predicted molar refractivity (Wildman–Crippen MR) is 77.3 cm³/mol. The number of rotatable bonds is 2. The monoisotopic (exact) mass is 319 g/mol. The summed E-state index contributed by atoms with van der Waals surface area (Å²) in [6, 6.07) is 9.80. The zero-order valence-electron chi connectivity index (χ0n) is 10.4. The first-order valence-electron chi connectivity index (χ1n) is 6.43. The molecule has 1 aromatic carbocycles. The van der Waals surface area contributed by atoms with E-state index in [-0.39, 0.29) is 11.7 Å². The second-order valence-electron chi connectivity index (χ2n) is 4.76. The Balaban J connectivity index is 1.99. The Morgan fingerprint density at radius 2 is 2.00 bits per heavy atom. The topological polar surface area (TPSA) is 39.2 Å². The van der Waals surface area contributed by atoms with Gasteiger partial charge in [-0.25, -0.2) is 4.98 Å². The molecule has 0 spiro atoms. The van der Waals surface area contributed by atoms with Crippen molar-refractivity contribution in [2.45, 2.75) is 12.8 Å². The van der Waals surface area contributed by atoms with Gasteiger partial charge in [0.25, 0.3) is 0 Å². The number of ketones is 1. The first-order chi connectivity index (χ1) is 9.25. The summed E-state index contributed by atoms with van der Waals surface area (Å²) in [4.78, 5) is 17.0. The van der Waals surface area contributed by atoms with Gasteiger partial charge in [0.15, 0.2) is 5.78 Å². The highest BCUT2D eigenvalue weighted by Crippen LogP contribution is 2.26. The normalized spacial score (nSPS) is 16.7. The maximum absolute atomic E-state index is 12.5. The number of carbonyl (C=O) groups excluding carboxylic acids is 1. The molecule has 1 aliphatic heterocycles. The molecule has 0 amide bonds. The molecule has 0 bridgehead atoms. The minimum absolute atomic E-state index is 0.0405. The Hall–Kier alpha value is -1.26. The van der Waals surface area contributed by atoms with Gasteiger partial charge in [-0.15, -0.1) is 0 Å². The molecular weight excluding hydrogens is 306 g/mol. The molecule has 98 valence electrons. The van der Waals surface area contributed by atoms with Gasteiger partial charge in [-0.2, -0.15) is 0 Å². The van der Waals surface area contributed by atoms with Gasteiger partial charge < -0.3 is 4.74 Å². The number of aromatic nitrogens is 1. The van der Waals surface area contributed by atoms with E-state index in [1.165, 1.54) is 0 Å². The van der Waals surface area contributed by atoms with Gasteiger partial charge in [-0.1, -0.05) is 18.2 Å². The van der Waals surface area contributed by atoms with Crippen LogP contribution in [0.25, 0.3) is 10.9 Å². The molecule has 1 aliphatic rings. The van der Waals surface area contributed by atoms with Crippen molar-refractivity contribution in [3.05, 3.63) is 40.5 Å². The van der Waals surface area contributed by atoms with Crippen LogP contribution in [0.15, 0.2) is 34.8 Å². The highest BCUT2D eigenvalue weighted by molar-refractivity contribution is 9.10. The van der Waals surface area contributed by atoms with Crippen molar-refractivity contribution in [1.82, 2.24) is 4.98 Å². The number of pyridine rings is 1. The summed E-state index contributed by atoms with van der Waals surface area (Å²) in [5, 5.41) is 1.04. The first kappa shape index (κ1) is 12.8. The molecule has 3 rings (SSSR count). The second kappa shape index (κ2) is 5.39. The van der Waals surface area contributed by atoms with Gasteiger partial charge in [0.2, 0.25) is 0 Å². The lowest BCUT2D eigenvalue weighted by molar-refractivity contribution is 0.0541. The summed E-state index contributed by atoms with van der Waals surface area (Å²) in [5.41, 5.74) is 1.41. The van der Waals surface area contributed by atoms with E-state index in [9.17, 15) is 4.79 Å². The van der Waals surface area contributed by atoms with Crippen LogP contribution in [0.5, 0.6) is 0 Å². The lowest BCUT2D eigenvalue weighted by atomic mass is 9.93. The van der Waals surface area contributed by atoms with Crippen LogP contribution in [0.1, 0.15) is 23.3 Å². The van der Waals surface area contributed by atoms with Crippen molar-refractivity contribution >= 4 is 32.6 Å². The highest BCUT2D eigenvalue weighted by Gasteiger charge is 2.25. The smallest absolute Gasteiger partial charge is 0.185 e. The number of ether oxygens (including phenoxy) is 1. The average Bonchev–Trinajstić information content (AvgIpc) is 2.47. The number of carbonyl (C=O) groups is 1. The molecule has 19 heavy (non-hydrogen) atoms. The van der Waals surface area contributed by atoms with Crippen LogP contribution in [-0.2, 0) is 4.74 Å². The van der Waals surface area contributed by atoms with E-state index in [0.717, 1.165) is 28.2 Å². The largest absolute Gasteiger partial charge is 0.381 e. The molecule has 0 radical (unpaired) electrons. The first-order valence-corrected chi connectivity index (χ1v) is 7.22. The average molecular weight is 320 g/mol. The molecule has 0 saturated carbocycles. The summed E-state index contributed by atoms with van der Waals surface area (Å²) in [6.07, 6.45) is 1.58. The maximum atomic E-state index is 12.5. The summed E-state index contributed by atoms with van der Waals surface area (Å²) in [7, 11) is 0. The number of hydrogen-bond acceptors (Lipinski definition) is 3. The minimum atomic E-state index is 0.0405. The Labute approximate surface area is 120 Å². The number of hydrogen-bond donors (Lipinski definition) is 0. The zero-order valence-corrected chi connectivity index (χ0v) is 12.0. The van der Waals surface area contributed by atoms with Gasteiger partial charge >= 0.3 is 0 Å². The van der Waals surface area contributed by atoms with Gasteiger partial charge in [0.05, 0.1) is 5.52 Å². The van der Waals surface area contributed by atoms with Crippen LogP contribution in [0, 0.1) is 5.92 Å². The molecule has 0 unspecified atom stereocenters. The summed E-state index contributed by atoms with van der Waals surface area (Å²) < 4.78 is 6.08. The van der Waals surface area contributed by atoms with Crippen LogP contribution in [0.4, 0.5) is 0 Å². The quantitative estimate of drug-likeness (QED) is 0.794. The molecule has 2 heterocycles. The molecule has 0 atom stereocenters. The van der Waals surface area contributed by atoms with Gasteiger partial charge in [-0.05, 0) is 40.9 Å². The molecule has 1 fully saturated rings. The van der Waals surface area contributed by atoms with Crippen LogP contribution in [0.2, 0.25) is 0 Å². The number of nitrogens with zero attached hydrogens (tertiary/aromatic N) is 1.